The Labute approximate surface area is 189 Å². The van der Waals surface area contributed by atoms with Crippen molar-refractivity contribution >= 4 is 51.3 Å². The van der Waals surface area contributed by atoms with Crippen molar-refractivity contribution in [3.8, 4) is 28.6 Å². The highest BCUT2D eigenvalue weighted by atomic mass is 79.9. The molecule has 156 valence electrons. The number of thioether (sulfide) groups is 1. The molecule has 0 amide bonds. The van der Waals surface area contributed by atoms with E-state index in [1.54, 1.807) is 24.3 Å². The summed E-state index contributed by atoms with van der Waals surface area (Å²) >= 11 is 10.1. The van der Waals surface area contributed by atoms with Crippen molar-refractivity contribution in [3.63, 3.8) is 0 Å². The van der Waals surface area contributed by atoms with Gasteiger partial charge in [-0.15, -0.1) is 5.10 Å². The topological polar surface area (TPSA) is 118 Å². The van der Waals surface area contributed by atoms with Gasteiger partial charge in [0.1, 0.15) is 10.7 Å². The van der Waals surface area contributed by atoms with Gasteiger partial charge in [0, 0.05) is 5.02 Å². The molecular weight excluding hydrogens is 498 g/mol. The fourth-order valence-corrected chi connectivity index (χ4v) is 3.83. The van der Waals surface area contributed by atoms with Gasteiger partial charge in [0.2, 0.25) is 5.16 Å². The SMILES string of the molecule is COc1ccc(Cl)cc1-c1nc(S/C(=C\c2cc(Br)c(O)c(OC)c2)C(=O)O)n[nH]1. The van der Waals surface area contributed by atoms with Crippen LogP contribution in [0, 0.1) is 0 Å². The number of ether oxygens (including phenoxy) is 2. The number of aromatic amines is 1. The number of aliphatic carboxylic acids is 1. The van der Waals surface area contributed by atoms with Gasteiger partial charge in [-0.05, 0) is 69.7 Å². The monoisotopic (exact) mass is 511 g/mol. The molecule has 0 saturated heterocycles. The maximum absolute atomic E-state index is 11.8. The van der Waals surface area contributed by atoms with Crippen LogP contribution < -0.4 is 9.47 Å². The second-order valence-corrected chi connectivity index (χ2v) is 8.08. The number of hydrogen-bond acceptors (Lipinski definition) is 7. The van der Waals surface area contributed by atoms with E-state index in [0.717, 1.165) is 11.8 Å². The molecule has 3 N–H and O–H groups in total. The lowest BCUT2D eigenvalue weighted by Gasteiger charge is -2.07. The van der Waals surface area contributed by atoms with Crippen molar-refractivity contribution in [2.24, 2.45) is 0 Å². The number of nitrogens with zero attached hydrogens (tertiary/aromatic N) is 2. The smallest absolute Gasteiger partial charge is 0.342 e. The third kappa shape index (κ3) is 4.89. The molecule has 0 radical (unpaired) electrons. The first-order valence-electron chi connectivity index (χ1n) is 8.28. The van der Waals surface area contributed by atoms with Crippen molar-refractivity contribution in [2.75, 3.05) is 14.2 Å². The quantitative estimate of drug-likeness (QED) is 0.304. The van der Waals surface area contributed by atoms with E-state index in [4.69, 9.17) is 21.1 Å². The Bertz CT molecular complexity index is 1140. The largest absolute Gasteiger partial charge is 0.503 e. The Morgan fingerprint density at radius 2 is 1.97 bits per heavy atom. The molecule has 0 bridgehead atoms. The van der Waals surface area contributed by atoms with Gasteiger partial charge in [-0.3, -0.25) is 5.10 Å². The van der Waals surface area contributed by atoms with Crippen molar-refractivity contribution in [1.29, 1.82) is 0 Å². The Balaban J connectivity index is 1.93. The van der Waals surface area contributed by atoms with Gasteiger partial charge in [0.25, 0.3) is 0 Å². The molecule has 0 atom stereocenters. The number of phenolic OH excluding ortho intramolecular Hbond substituents is 1. The van der Waals surface area contributed by atoms with Crippen LogP contribution >= 0.6 is 39.3 Å². The number of carboxylic acid groups (broad SMARTS) is 1. The van der Waals surface area contributed by atoms with Gasteiger partial charge in [0.05, 0.1) is 24.3 Å². The highest BCUT2D eigenvalue weighted by molar-refractivity contribution is 9.10. The predicted octanol–water partition coefficient (Wildman–Crippen LogP) is 4.83. The highest BCUT2D eigenvalue weighted by Crippen LogP contribution is 2.37. The fourth-order valence-electron chi connectivity index (χ4n) is 2.50. The number of benzene rings is 2. The summed E-state index contributed by atoms with van der Waals surface area (Å²) in [5, 5.41) is 27.1. The van der Waals surface area contributed by atoms with E-state index in [1.165, 1.54) is 26.4 Å². The molecule has 8 nitrogen and oxygen atoms in total. The lowest BCUT2D eigenvalue weighted by molar-refractivity contribution is -0.131. The zero-order valence-electron chi connectivity index (χ0n) is 15.6. The summed E-state index contributed by atoms with van der Waals surface area (Å²) in [5.41, 5.74) is 1.10. The van der Waals surface area contributed by atoms with Crippen molar-refractivity contribution in [1.82, 2.24) is 15.2 Å². The normalized spacial score (nSPS) is 11.4. The molecule has 0 aliphatic rings. The Morgan fingerprint density at radius 1 is 1.23 bits per heavy atom. The zero-order valence-corrected chi connectivity index (χ0v) is 18.8. The second-order valence-electron chi connectivity index (χ2n) is 5.78. The van der Waals surface area contributed by atoms with Crippen LogP contribution in [0.2, 0.25) is 5.02 Å². The summed E-state index contributed by atoms with van der Waals surface area (Å²) < 4.78 is 10.8. The number of carbonyl (C=O) groups is 1. The van der Waals surface area contributed by atoms with Crippen LogP contribution in [0.5, 0.6) is 17.2 Å². The van der Waals surface area contributed by atoms with Gasteiger partial charge in [-0.25, -0.2) is 9.78 Å². The average Bonchev–Trinajstić information content (AvgIpc) is 3.18. The number of phenols is 1. The number of aromatic nitrogens is 3. The van der Waals surface area contributed by atoms with Gasteiger partial charge >= 0.3 is 5.97 Å². The lowest BCUT2D eigenvalue weighted by Crippen LogP contribution is -1.97. The Kier molecular flexibility index (Phi) is 6.91. The standard InChI is InChI=1S/C19H15BrClN3O5S/c1-28-13-4-3-10(21)8-11(13)17-22-19(24-23-17)30-15(18(26)27)7-9-5-12(20)16(25)14(6-9)29-2/h3-8,25H,1-2H3,(H,26,27)(H,22,23,24)/b15-7-. The molecule has 0 saturated carbocycles. The van der Waals surface area contributed by atoms with Crippen molar-refractivity contribution in [3.05, 3.63) is 50.3 Å². The molecule has 0 spiro atoms. The number of nitrogens with one attached hydrogen (secondary N) is 1. The maximum atomic E-state index is 11.8. The van der Waals surface area contributed by atoms with Crippen LogP contribution in [0.3, 0.4) is 0 Å². The van der Waals surface area contributed by atoms with Gasteiger partial charge in [-0.2, -0.15) is 0 Å². The van der Waals surface area contributed by atoms with Crippen LogP contribution in [0.1, 0.15) is 5.56 Å². The van der Waals surface area contributed by atoms with E-state index < -0.39 is 5.97 Å². The summed E-state index contributed by atoms with van der Waals surface area (Å²) in [5.74, 6) is -0.0977. The molecule has 1 aromatic heterocycles. The van der Waals surface area contributed by atoms with Crippen molar-refractivity contribution in [2.45, 2.75) is 5.16 Å². The Hall–Kier alpha value is -2.69. The fraction of sp³-hybridized carbons (Fsp3) is 0.105. The van der Waals surface area contributed by atoms with Crippen LogP contribution in [-0.2, 0) is 4.79 Å². The van der Waals surface area contributed by atoms with Gasteiger partial charge < -0.3 is 19.7 Å². The summed E-state index contributed by atoms with van der Waals surface area (Å²) in [7, 11) is 2.93. The van der Waals surface area contributed by atoms with Crippen LogP contribution in [-0.4, -0.2) is 45.6 Å². The molecule has 1 heterocycles. The third-order valence-corrected chi connectivity index (χ3v) is 5.58. The molecule has 3 rings (SSSR count). The first-order chi connectivity index (χ1) is 14.3. The predicted molar refractivity (Wildman–Crippen MR) is 117 cm³/mol. The molecule has 2 aromatic carbocycles. The zero-order chi connectivity index (χ0) is 21.8. The third-order valence-electron chi connectivity index (χ3n) is 3.86. The number of hydrogen-bond donors (Lipinski definition) is 3. The van der Waals surface area contributed by atoms with E-state index in [0.29, 0.717) is 32.2 Å². The molecule has 3 aromatic rings. The molecule has 30 heavy (non-hydrogen) atoms. The van der Waals surface area contributed by atoms with Gasteiger partial charge in [-0.1, -0.05) is 11.6 Å². The van der Waals surface area contributed by atoms with E-state index >= 15 is 0 Å². The van der Waals surface area contributed by atoms with E-state index in [1.807, 2.05) is 0 Å². The van der Waals surface area contributed by atoms with Gasteiger partial charge in [0.15, 0.2) is 17.3 Å². The second kappa shape index (κ2) is 9.41. The maximum Gasteiger partial charge on any atom is 0.342 e. The average molecular weight is 513 g/mol. The summed E-state index contributed by atoms with van der Waals surface area (Å²) in [6.45, 7) is 0. The first-order valence-corrected chi connectivity index (χ1v) is 10.3. The summed E-state index contributed by atoms with van der Waals surface area (Å²) in [4.78, 5) is 16.1. The number of aromatic hydroxyl groups is 1. The minimum Gasteiger partial charge on any atom is -0.503 e. The molecule has 0 fully saturated rings. The molecule has 0 unspecified atom stereocenters. The number of halogens is 2. The first kappa shape index (κ1) is 22.0. The Morgan fingerprint density at radius 3 is 2.63 bits per heavy atom. The van der Waals surface area contributed by atoms with E-state index in [-0.39, 0.29) is 21.6 Å². The minimum atomic E-state index is -1.16. The minimum absolute atomic E-state index is 0.0294. The number of rotatable bonds is 7. The molecule has 0 aliphatic heterocycles. The molecular formula is C19H15BrClN3O5S. The van der Waals surface area contributed by atoms with Crippen LogP contribution in [0.4, 0.5) is 0 Å². The van der Waals surface area contributed by atoms with Crippen molar-refractivity contribution < 1.29 is 24.5 Å². The van der Waals surface area contributed by atoms with Crippen LogP contribution in [0.25, 0.3) is 17.5 Å². The summed E-state index contributed by atoms with van der Waals surface area (Å²) in [6, 6.07) is 8.14. The lowest BCUT2D eigenvalue weighted by atomic mass is 10.2. The summed E-state index contributed by atoms with van der Waals surface area (Å²) in [6.07, 6.45) is 1.43. The van der Waals surface area contributed by atoms with E-state index in [9.17, 15) is 15.0 Å². The molecule has 11 heteroatoms. The highest BCUT2D eigenvalue weighted by Gasteiger charge is 2.17. The number of methoxy groups -OCH3 is 2. The number of H-pyrrole nitrogens is 1. The number of carboxylic acids is 1. The van der Waals surface area contributed by atoms with E-state index in [2.05, 4.69) is 31.1 Å². The van der Waals surface area contributed by atoms with Crippen LogP contribution in [0.15, 0.2) is 44.9 Å². The molecule has 0 aliphatic carbocycles.